The molecule has 4 aromatic carbocycles. The predicted molar refractivity (Wildman–Crippen MR) is 127 cm³/mol. The van der Waals surface area contributed by atoms with Crippen molar-refractivity contribution in [3.63, 3.8) is 0 Å². The van der Waals surface area contributed by atoms with Crippen LogP contribution in [-0.4, -0.2) is 14.2 Å². The summed E-state index contributed by atoms with van der Waals surface area (Å²) in [4.78, 5) is 0. The molecule has 5 aliphatic rings. The lowest BCUT2D eigenvalue weighted by atomic mass is 9.50. The average molecular weight is 433 g/mol. The Morgan fingerprint density at radius 3 is 1.27 bits per heavy atom. The van der Waals surface area contributed by atoms with Gasteiger partial charge in [-0.15, -0.1) is 0 Å². The van der Waals surface area contributed by atoms with Gasteiger partial charge in [-0.3, -0.25) is 0 Å². The zero-order valence-corrected chi connectivity index (χ0v) is 18.6. The number of ether oxygens (including phenoxy) is 3. The topological polar surface area (TPSA) is 27.7 Å². The molecular weight excluding hydrogens is 408 g/mol. The monoisotopic (exact) mass is 432 g/mol. The maximum absolute atomic E-state index is 6.93. The summed E-state index contributed by atoms with van der Waals surface area (Å²) < 4.78 is 19.1. The molecule has 1 fully saturated rings. The molecule has 0 amide bonds. The molecule has 9 rings (SSSR count). The first-order valence-electron chi connectivity index (χ1n) is 11.8. The highest BCUT2D eigenvalue weighted by Crippen LogP contribution is 2.74. The van der Waals surface area contributed by atoms with Gasteiger partial charge in [0.2, 0.25) is 0 Å². The van der Waals surface area contributed by atoms with Crippen LogP contribution >= 0.6 is 0 Å². The minimum atomic E-state index is 0.0117. The fourth-order valence-electron chi connectivity index (χ4n) is 7.80. The van der Waals surface area contributed by atoms with Gasteiger partial charge in [-0.05, 0) is 22.3 Å². The number of benzene rings is 4. The second-order valence-electron chi connectivity index (χ2n) is 9.78. The molecule has 0 saturated carbocycles. The second-order valence-corrected chi connectivity index (χ2v) is 9.78. The van der Waals surface area contributed by atoms with Crippen molar-refractivity contribution in [3.05, 3.63) is 106 Å². The molecule has 4 atom stereocenters. The van der Waals surface area contributed by atoms with Gasteiger partial charge in [0.1, 0.15) is 11.5 Å². The maximum atomic E-state index is 6.93. The normalized spacial score (nSPS) is 29.4. The largest absolute Gasteiger partial charge is 0.496 e. The van der Waals surface area contributed by atoms with Gasteiger partial charge in [-0.2, -0.15) is 0 Å². The van der Waals surface area contributed by atoms with Crippen molar-refractivity contribution in [1.82, 2.24) is 0 Å². The Morgan fingerprint density at radius 2 is 0.909 bits per heavy atom. The molecule has 3 heteroatoms. The van der Waals surface area contributed by atoms with Gasteiger partial charge in [-0.25, -0.2) is 0 Å². The van der Waals surface area contributed by atoms with E-state index < -0.39 is 0 Å². The summed E-state index contributed by atoms with van der Waals surface area (Å²) in [5.74, 6) is 3.40. The Labute approximate surface area is 192 Å². The molecule has 3 aliphatic carbocycles. The van der Waals surface area contributed by atoms with Crippen LogP contribution in [0.3, 0.4) is 0 Å². The van der Waals surface area contributed by atoms with E-state index in [0.717, 1.165) is 22.3 Å². The molecule has 3 nitrogen and oxygen atoms in total. The van der Waals surface area contributed by atoms with Crippen molar-refractivity contribution in [2.24, 2.45) is 11.8 Å². The van der Waals surface area contributed by atoms with Crippen LogP contribution in [0.4, 0.5) is 0 Å². The SMILES string of the molecule is COc1c2c(c(OC)c3ccccc13)[C@@H]1O[C@H]2[C@H]2C3c4ccccc4C(c4ccccc43)[C@@H]21. The van der Waals surface area contributed by atoms with Crippen LogP contribution in [0.15, 0.2) is 72.8 Å². The molecular formula is C30H24O3. The smallest absolute Gasteiger partial charge is 0.133 e. The molecule has 0 aromatic heterocycles. The van der Waals surface area contributed by atoms with Crippen LogP contribution in [-0.2, 0) is 4.74 Å². The molecule has 1 saturated heterocycles. The molecule has 162 valence electrons. The highest BCUT2D eigenvalue weighted by molar-refractivity contribution is 5.97. The minimum absolute atomic E-state index is 0.0117. The zero-order valence-electron chi connectivity index (χ0n) is 18.6. The summed E-state index contributed by atoms with van der Waals surface area (Å²) in [5.41, 5.74) is 8.33. The first kappa shape index (κ1) is 18.2. The van der Waals surface area contributed by atoms with Crippen LogP contribution in [0.5, 0.6) is 11.5 Å². The quantitative estimate of drug-likeness (QED) is 0.362. The molecule has 2 aliphatic heterocycles. The third-order valence-electron chi connectivity index (χ3n) is 8.71. The summed E-state index contributed by atoms with van der Waals surface area (Å²) in [5, 5.41) is 2.20. The highest BCUT2D eigenvalue weighted by atomic mass is 16.5. The van der Waals surface area contributed by atoms with Gasteiger partial charge in [0.15, 0.2) is 0 Å². The van der Waals surface area contributed by atoms with Crippen molar-refractivity contribution in [3.8, 4) is 11.5 Å². The van der Waals surface area contributed by atoms with Gasteiger partial charge >= 0.3 is 0 Å². The van der Waals surface area contributed by atoms with E-state index in [1.54, 1.807) is 14.2 Å². The van der Waals surface area contributed by atoms with E-state index in [1.807, 2.05) is 0 Å². The van der Waals surface area contributed by atoms with E-state index in [-0.39, 0.29) is 12.2 Å². The molecule has 0 spiro atoms. The maximum Gasteiger partial charge on any atom is 0.133 e. The molecule has 33 heavy (non-hydrogen) atoms. The van der Waals surface area contributed by atoms with E-state index in [1.165, 1.54) is 33.4 Å². The Hall–Kier alpha value is -3.30. The van der Waals surface area contributed by atoms with Crippen molar-refractivity contribution >= 4 is 10.8 Å². The lowest BCUT2D eigenvalue weighted by Gasteiger charge is -2.51. The zero-order chi connectivity index (χ0) is 21.8. The van der Waals surface area contributed by atoms with Gasteiger partial charge in [0, 0.05) is 45.6 Å². The molecule has 0 unspecified atom stereocenters. The minimum Gasteiger partial charge on any atom is -0.496 e. The Kier molecular flexibility index (Phi) is 3.40. The van der Waals surface area contributed by atoms with Gasteiger partial charge in [0.05, 0.1) is 26.4 Å². The van der Waals surface area contributed by atoms with Gasteiger partial charge in [-0.1, -0.05) is 72.8 Å². The van der Waals surface area contributed by atoms with Crippen LogP contribution < -0.4 is 9.47 Å². The number of fused-ring (bicyclic) bond motifs is 6. The van der Waals surface area contributed by atoms with E-state index in [2.05, 4.69) is 72.8 Å². The number of hydrogen-bond donors (Lipinski definition) is 0. The van der Waals surface area contributed by atoms with Crippen LogP contribution in [0.1, 0.15) is 57.4 Å². The second kappa shape index (κ2) is 6.18. The van der Waals surface area contributed by atoms with Crippen LogP contribution in [0.2, 0.25) is 0 Å². The summed E-state index contributed by atoms with van der Waals surface area (Å²) in [6.07, 6.45) is 0.0235. The third kappa shape index (κ3) is 1.98. The summed E-state index contributed by atoms with van der Waals surface area (Å²) in [7, 11) is 3.57. The molecule has 2 heterocycles. The lowest BCUT2D eigenvalue weighted by Crippen LogP contribution is -2.42. The van der Waals surface area contributed by atoms with Crippen LogP contribution in [0, 0.1) is 11.8 Å². The third-order valence-corrected chi connectivity index (χ3v) is 8.71. The van der Waals surface area contributed by atoms with E-state index in [0.29, 0.717) is 23.7 Å². The molecule has 0 N–H and O–H groups in total. The van der Waals surface area contributed by atoms with Crippen molar-refractivity contribution in [1.29, 1.82) is 0 Å². The standard InChI is InChI=1S/C30H24O3/c1-31-27-19-13-7-8-14-20(19)28(32-2)26-25(27)29-23-21-15-9-3-5-11-17(15)22(24(23)30(26)33-29)18-12-6-4-10-16(18)21/h3-14,21-24,29-30H,1-2H3/t21?,22?,23-,24-,29-,30+/m0/s1. The number of rotatable bonds is 2. The lowest BCUT2D eigenvalue weighted by molar-refractivity contribution is 0.0519. The summed E-state index contributed by atoms with van der Waals surface area (Å²) >= 11 is 0. The fourth-order valence-corrected chi connectivity index (χ4v) is 7.80. The highest BCUT2D eigenvalue weighted by Gasteiger charge is 2.64. The average Bonchev–Trinajstić information content (AvgIpc) is 3.45. The van der Waals surface area contributed by atoms with Crippen LogP contribution in [0.25, 0.3) is 10.8 Å². The Morgan fingerprint density at radius 1 is 0.545 bits per heavy atom. The molecule has 0 radical (unpaired) electrons. The van der Waals surface area contributed by atoms with Gasteiger partial charge < -0.3 is 14.2 Å². The van der Waals surface area contributed by atoms with E-state index >= 15 is 0 Å². The number of hydrogen-bond acceptors (Lipinski definition) is 3. The van der Waals surface area contributed by atoms with Gasteiger partial charge in [0.25, 0.3) is 0 Å². The van der Waals surface area contributed by atoms with E-state index in [9.17, 15) is 0 Å². The van der Waals surface area contributed by atoms with Crippen molar-refractivity contribution in [2.75, 3.05) is 14.2 Å². The Balaban J connectivity index is 1.44. The van der Waals surface area contributed by atoms with Crippen molar-refractivity contribution < 1.29 is 14.2 Å². The van der Waals surface area contributed by atoms with E-state index in [4.69, 9.17) is 14.2 Å². The first-order chi connectivity index (χ1) is 16.3. The fraction of sp³-hybridized carbons (Fsp3) is 0.267. The first-order valence-corrected chi connectivity index (χ1v) is 11.8. The number of methoxy groups -OCH3 is 2. The molecule has 4 aromatic rings. The summed E-state index contributed by atoms with van der Waals surface area (Å²) in [6.45, 7) is 0. The van der Waals surface area contributed by atoms with Crippen molar-refractivity contribution in [2.45, 2.75) is 24.0 Å². The molecule has 4 bridgehead atoms. The Bertz CT molecular complexity index is 1320. The predicted octanol–water partition coefficient (Wildman–Crippen LogP) is 6.51. The summed E-state index contributed by atoms with van der Waals surface area (Å²) in [6, 6.07) is 26.5.